The van der Waals surface area contributed by atoms with Gasteiger partial charge in [0.2, 0.25) is 5.91 Å². The van der Waals surface area contributed by atoms with Crippen molar-refractivity contribution >= 4 is 58.1 Å². The maximum atomic E-state index is 12.1. The van der Waals surface area contributed by atoms with E-state index in [-0.39, 0.29) is 12.3 Å². The van der Waals surface area contributed by atoms with Crippen molar-refractivity contribution in [1.29, 1.82) is 0 Å². The van der Waals surface area contributed by atoms with Gasteiger partial charge in [0, 0.05) is 17.6 Å². The van der Waals surface area contributed by atoms with Crippen molar-refractivity contribution in [2.24, 2.45) is 4.99 Å². The Morgan fingerprint density at radius 2 is 1.94 bits per heavy atom. The van der Waals surface area contributed by atoms with E-state index in [2.05, 4.69) is 28.3 Å². The fourth-order valence-electron chi connectivity index (χ4n) is 3.04. The molecule has 34 heavy (non-hydrogen) atoms. The second-order valence-electron chi connectivity index (χ2n) is 7.50. The van der Waals surface area contributed by atoms with E-state index in [1.165, 1.54) is 6.34 Å². The van der Waals surface area contributed by atoms with E-state index < -0.39 is 22.8 Å². The summed E-state index contributed by atoms with van der Waals surface area (Å²) in [6, 6.07) is 13.8. The summed E-state index contributed by atoms with van der Waals surface area (Å²) < 4.78 is 11.8. The van der Waals surface area contributed by atoms with Crippen molar-refractivity contribution < 1.29 is 18.9 Å². The highest BCUT2D eigenvalue weighted by atomic mass is 35.5. The predicted octanol–water partition coefficient (Wildman–Crippen LogP) is 3.91. The van der Waals surface area contributed by atoms with Crippen LogP contribution in [0.4, 0.5) is 0 Å². The number of aliphatic carboxylic acids is 1. The second-order valence-corrected chi connectivity index (χ2v) is 9.70. The number of allylic oxidation sites excluding steroid dienone is 1. The molecule has 0 aromatic heterocycles. The number of hydrogen-bond acceptors (Lipinski definition) is 6. The average molecular weight is 522 g/mol. The molecule has 0 spiro atoms. The first-order chi connectivity index (χ1) is 16.2. The summed E-state index contributed by atoms with van der Waals surface area (Å²) in [6.07, 6.45) is 3.91. The van der Waals surface area contributed by atoms with Crippen LogP contribution in [0.3, 0.4) is 0 Å². The van der Waals surface area contributed by atoms with Gasteiger partial charge in [0.15, 0.2) is 0 Å². The van der Waals surface area contributed by atoms with E-state index in [0.717, 1.165) is 5.56 Å². The van der Waals surface area contributed by atoms with Gasteiger partial charge in [-0.3, -0.25) is 13.8 Å². The van der Waals surface area contributed by atoms with E-state index in [1.54, 1.807) is 31.4 Å². The van der Waals surface area contributed by atoms with Gasteiger partial charge in [-0.05, 0) is 49.6 Å². The largest absolute Gasteiger partial charge is 0.480 e. The Bertz CT molecular complexity index is 1090. The van der Waals surface area contributed by atoms with E-state index >= 15 is 0 Å². The number of benzene rings is 2. The van der Waals surface area contributed by atoms with Gasteiger partial charge in [0.25, 0.3) is 0 Å². The predicted molar refractivity (Wildman–Crippen MR) is 141 cm³/mol. The highest BCUT2D eigenvalue weighted by Crippen LogP contribution is 2.28. The molecule has 2 rings (SSSR count). The maximum Gasteiger partial charge on any atom is 0.321 e. The number of nitrogens with one attached hydrogen (secondary N) is 2. The molecule has 0 heterocycles. The zero-order valence-electron chi connectivity index (χ0n) is 19.0. The molecule has 10 heteroatoms. The molecule has 0 bridgehead atoms. The highest BCUT2D eigenvalue weighted by molar-refractivity contribution is 7.90. The van der Waals surface area contributed by atoms with Crippen LogP contribution in [-0.2, 0) is 26.8 Å². The monoisotopic (exact) mass is 521 g/mol. The van der Waals surface area contributed by atoms with Crippen LogP contribution in [-0.4, -0.2) is 46.4 Å². The Hall–Kier alpha value is -2.46. The summed E-state index contributed by atoms with van der Waals surface area (Å²) in [6.45, 7) is 2.14. The van der Waals surface area contributed by atoms with E-state index in [1.807, 2.05) is 30.3 Å². The molecule has 0 saturated heterocycles. The first-order valence-electron chi connectivity index (χ1n) is 10.5. The summed E-state index contributed by atoms with van der Waals surface area (Å²) in [5, 5.41) is 15.4. The number of carboxylic acid groups (broad SMARTS) is 1. The van der Waals surface area contributed by atoms with Gasteiger partial charge >= 0.3 is 5.97 Å². The zero-order valence-corrected chi connectivity index (χ0v) is 21.4. The van der Waals surface area contributed by atoms with Gasteiger partial charge in [-0.1, -0.05) is 48.0 Å². The Morgan fingerprint density at radius 1 is 1.24 bits per heavy atom. The molecule has 2 aromatic rings. The van der Waals surface area contributed by atoms with Crippen LogP contribution < -0.4 is 10.6 Å². The summed E-state index contributed by atoms with van der Waals surface area (Å²) >= 11 is 10.6. The molecule has 0 fully saturated rings. The van der Waals surface area contributed by atoms with E-state index in [4.69, 9.17) is 11.6 Å². The standard InChI is InChI=1S/C24H28ClN3O4S2/c1-16(23(33)18-10-11-19(25)21(14-18)34(2)32)27-15-28-22(29)9-6-12-26-20(24(30)31)13-17-7-4-3-5-8-17/h3-5,7-8,10-11,14-15,20,26,33H,6,9,12-13H2,1-2H3,(H,30,31)(H,27,28,29)/b23-16-/t20-,34?/m0/s1. The lowest BCUT2D eigenvalue weighted by Crippen LogP contribution is -2.39. The lowest BCUT2D eigenvalue weighted by atomic mass is 10.1. The summed E-state index contributed by atoms with van der Waals surface area (Å²) in [5.74, 6) is -1.16. The molecule has 0 saturated carbocycles. The van der Waals surface area contributed by atoms with Crippen LogP contribution in [0.2, 0.25) is 5.02 Å². The maximum absolute atomic E-state index is 12.1. The number of hydrogen-bond donors (Lipinski definition) is 4. The van der Waals surface area contributed by atoms with Gasteiger partial charge < -0.3 is 15.7 Å². The van der Waals surface area contributed by atoms with Gasteiger partial charge in [0.1, 0.15) is 6.04 Å². The number of rotatable bonds is 12. The number of thiol groups is 1. The number of aliphatic imine (C=N–C) groups is 1. The van der Waals surface area contributed by atoms with Crippen molar-refractivity contribution in [3.8, 4) is 0 Å². The highest BCUT2D eigenvalue weighted by Gasteiger charge is 2.17. The smallest absolute Gasteiger partial charge is 0.321 e. The van der Waals surface area contributed by atoms with Gasteiger partial charge in [-0.25, -0.2) is 4.99 Å². The quantitative estimate of drug-likeness (QED) is 0.147. The van der Waals surface area contributed by atoms with Gasteiger partial charge in [0.05, 0.1) is 32.8 Å². The lowest BCUT2D eigenvalue weighted by molar-refractivity contribution is -0.139. The van der Waals surface area contributed by atoms with E-state index in [9.17, 15) is 18.9 Å². The fourth-order valence-corrected chi connectivity index (χ4v) is 4.31. The molecule has 182 valence electrons. The Kier molecular flexibility index (Phi) is 11.5. The van der Waals surface area contributed by atoms with E-state index in [0.29, 0.717) is 45.5 Å². The van der Waals surface area contributed by atoms with Crippen LogP contribution >= 0.6 is 24.2 Å². The molecule has 1 unspecified atom stereocenters. The number of amides is 1. The molecule has 7 nitrogen and oxygen atoms in total. The minimum atomic E-state index is -1.23. The molecule has 0 aliphatic heterocycles. The fraction of sp³-hybridized carbons (Fsp3) is 0.292. The number of carboxylic acids is 1. The third-order valence-corrected chi connectivity index (χ3v) is 6.87. The first-order valence-corrected chi connectivity index (χ1v) is 12.9. The third-order valence-electron chi connectivity index (χ3n) is 4.89. The molecule has 3 N–H and O–H groups in total. The van der Waals surface area contributed by atoms with Crippen molar-refractivity contribution in [2.45, 2.75) is 37.1 Å². The topological polar surface area (TPSA) is 108 Å². The van der Waals surface area contributed by atoms with Crippen molar-refractivity contribution in [1.82, 2.24) is 10.6 Å². The SMILES string of the molecule is C/C(N=CNC(=O)CCCN[C@@H](Cc1ccccc1)C(=O)O)=C(/S)c1ccc(Cl)c(S(C)=O)c1. The van der Waals surface area contributed by atoms with Gasteiger partial charge in [-0.15, -0.1) is 12.6 Å². The molecule has 0 aliphatic carbocycles. The lowest BCUT2D eigenvalue weighted by Gasteiger charge is -2.14. The Balaban J connectivity index is 1.81. The van der Waals surface area contributed by atoms with Crippen molar-refractivity contribution in [3.05, 3.63) is 70.4 Å². The second kappa shape index (κ2) is 14.1. The summed E-state index contributed by atoms with van der Waals surface area (Å²) in [4.78, 5) is 28.8. The number of halogens is 1. The molecule has 2 aromatic carbocycles. The van der Waals surface area contributed by atoms with Crippen molar-refractivity contribution in [2.75, 3.05) is 12.8 Å². The minimum Gasteiger partial charge on any atom is -0.480 e. The molecular weight excluding hydrogens is 494 g/mol. The summed E-state index contributed by atoms with van der Waals surface area (Å²) in [7, 11) is -1.23. The van der Waals surface area contributed by atoms with Crippen LogP contribution in [0, 0.1) is 0 Å². The molecule has 1 amide bonds. The normalized spacial score (nSPS) is 13.9. The van der Waals surface area contributed by atoms with Crippen molar-refractivity contribution in [3.63, 3.8) is 0 Å². The number of carbonyl (C=O) groups excluding carboxylic acids is 1. The Morgan fingerprint density at radius 3 is 2.59 bits per heavy atom. The Labute approximate surface area is 212 Å². The molecule has 0 radical (unpaired) electrons. The van der Waals surface area contributed by atoms with Gasteiger partial charge in [-0.2, -0.15) is 0 Å². The first kappa shape index (κ1) is 27.8. The number of nitrogens with zero attached hydrogens (tertiary/aromatic N) is 1. The summed E-state index contributed by atoms with van der Waals surface area (Å²) in [5.41, 5.74) is 2.21. The molecular formula is C24H28ClN3O4S2. The van der Waals surface area contributed by atoms with Crippen LogP contribution in [0.1, 0.15) is 30.9 Å². The molecule has 0 aliphatic rings. The third kappa shape index (κ3) is 9.06. The average Bonchev–Trinajstić information content (AvgIpc) is 2.81. The minimum absolute atomic E-state index is 0.218. The zero-order chi connectivity index (χ0) is 25.1. The molecule has 2 atom stereocenters. The number of carbonyl (C=O) groups is 2. The van der Waals surface area contributed by atoms with Crippen LogP contribution in [0.5, 0.6) is 0 Å². The van der Waals surface area contributed by atoms with Crippen LogP contribution in [0.25, 0.3) is 4.91 Å². The van der Waals surface area contributed by atoms with Crippen LogP contribution in [0.15, 0.2) is 64.1 Å².